The summed E-state index contributed by atoms with van der Waals surface area (Å²) in [6.07, 6.45) is 3.44. The lowest BCUT2D eigenvalue weighted by Gasteiger charge is -2.16. The molecule has 1 N–H and O–H groups in total. The molecule has 1 atom stereocenters. The van der Waals surface area contributed by atoms with Crippen LogP contribution in [0.2, 0.25) is 0 Å². The molecule has 2 aliphatic rings. The lowest BCUT2D eigenvalue weighted by atomic mass is 10.2. The molecule has 3 nitrogen and oxygen atoms in total. The van der Waals surface area contributed by atoms with E-state index in [2.05, 4.69) is 27.3 Å². The summed E-state index contributed by atoms with van der Waals surface area (Å²) in [5.41, 5.74) is 0. The molecule has 17 heavy (non-hydrogen) atoms. The number of thiophene rings is 1. The van der Waals surface area contributed by atoms with Crippen LogP contribution in [0.1, 0.15) is 24.1 Å². The number of amides is 1. The molecule has 1 saturated carbocycles. The van der Waals surface area contributed by atoms with Gasteiger partial charge in [0.1, 0.15) is 0 Å². The van der Waals surface area contributed by atoms with E-state index in [1.807, 2.05) is 11.0 Å². The van der Waals surface area contributed by atoms with Crippen LogP contribution < -0.4 is 5.32 Å². The van der Waals surface area contributed by atoms with Crippen LogP contribution in [0.4, 0.5) is 0 Å². The first kappa shape index (κ1) is 11.7. The molecule has 0 spiro atoms. The first-order valence-corrected chi connectivity index (χ1v) is 7.62. The van der Waals surface area contributed by atoms with E-state index in [-0.39, 0.29) is 11.9 Å². The quantitative estimate of drug-likeness (QED) is 0.925. The maximum Gasteiger partial charge on any atom is 0.240 e. The lowest BCUT2D eigenvalue weighted by Crippen LogP contribution is -2.39. The highest BCUT2D eigenvalue weighted by molar-refractivity contribution is 9.11. The minimum Gasteiger partial charge on any atom is -0.336 e. The first-order valence-electron chi connectivity index (χ1n) is 6.01. The van der Waals surface area contributed by atoms with Gasteiger partial charge >= 0.3 is 0 Å². The molecule has 2 heterocycles. The zero-order valence-corrected chi connectivity index (χ0v) is 11.9. The fraction of sp³-hybridized carbons (Fsp3) is 0.583. The van der Waals surface area contributed by atoms with E-state index < -0.39 is 0 Å². The van der Waals surface area contributed by atoms with E-state index in [1.54, 1.807) is 11.3 Å². The number of hydrogen-bond acceptors (Lipinski definition) is 3. The molecule has 1 saturated heterocycles. The minimum absolute atomic E-state index is 0.0749. The number of carbonyl (C=O) groups excluding carboxylic acids is 1. The monoisotopic (exact) mass is 314 g/mol. The van der Waals surface area contributed by atoms with Gasteiger partial charge in [-0.1, -0.05) is 0 Å². The van der Waals surface area contributed by atoms with Gasteiger partial charge < -0.3 is 10.2 Å². The maximum absolute atomic E-state index is 12.1. The summed E-state index contributed by atoms with van der Waals surface area (Å²) >= 11 is 5.16. The minimum atomic E-state index is 0.0749. The second-order valence-electron chi connectivity index (χ2n) is 4.75. The number of carbonyl (C=O) groups is 1. The van der Waals surface area contributed by atoms with Gasteiger partial charge in [0, 0.05) is 17.5 Å². The second-order valence-corrected chi connectivity index (χ2v) is 7.30. The lowest BCUT2D eigenvalue weighted by molar-refractivity contribution is -0.129. The fourth-order valence-electron chi connectivity index (χ4n) is 2.21. The molecule has 0 bridgehead atoms. The van der Waals surface area contributed by atoms with E-state index in [4.69, 9.17) is 0 Å². The van der Waals surface area contributed by atoms with Crippen molar-refractivity contribution in [3.8, 4) is 0 Å². The van der Waals surface area contributed by atoms with Crippen molar-refractivity contribution in [3.05, 3.63) is 20.8 Å². The molecule has 1 aliphatic heterocycles. The van der Waals surface area contributed by atoms with Gasteiger partial charge in [-0.2, -0.15) is 0 Å². The molecule has 1 aliphatic carbocycles. The molecule has 3 rings (SSSR count). The average molecular weight is 315 g/mol. The molecule has 1 aromatic rings. The number of nitrogens with zero attached hydrogens (tertiary/aromatic N) is 1. The van der Waals surface area contributed by atoms with Gasteiger partial charge in [-0.15, -0.1) is 11.3 Å². The Bertz CT molecular complexity index is 430. The van der Waals surface area contributed by atoms with Crippen LogP contribution in [-0.2, 0) is 11.3 Å². The molecule has 92 valence electrons. The van der Waals surface area contributed by atoms with Gasteiger partial charge in [-0.3, -0.25) is 4.79 Å². The maximum atomic E-state index is 12.1. The number of rotatable bonds is 4. The Morgan fingerprint density at radius 3 is 2.88 bits per heavy atom. The number of halogens is 1. The highest BCUT2D eigenvalue weighted by Crippen LogP contribution is 2.26. The van der Waals surface area contributed by atoms with Crippen molar-refractivity contribution >= 4 is 33.2 Å². The number of nitrogens with one attached hydrogen (secondary N) is 1. The first-order chi connectivity index (χ1) is 8.22. The molecule has 1 unspecified atom stereocenters. The highest BCUT2D eigenvalue weighted by atomic mass is 79.9. The van der Waals surface area contributed by atoms with Crippen molar-refractivity contribution in [3.63, 3.8) is 0 Å². The summed E-state index contributed by atoms with van der Waals surface area (Å²) < 4.78 is 1.13. The van der Waals surface area contributed by atoms with Crippen LogP contribution in [0.3, 0.4) is 0 Å². The molecule has 1 aromatic heterocycles. The van der Waals surface area contributed by atoms with Crippen molar-refractivity contribution < 1.29 is 4.79 Å². The topological polar surface area (TPSA) is 32.3 Å². The fourth-order valence-corrected chi connectivity index (χ4v) is 3.71. The van der Waals surface area contributed by atoms with Crippen LogP contribution >= 0.6 is 27.3 Å². The van der Waals surface area contributed by atoms with Gasteiger partial charge in [0.2, 0.25) is 5.91 Å². The third-order valence-corrected chi connectivity index (χ3v) is 4.90. The normalized spacial score (nSPS) is 24.6. The molecular weight excluding hydrogens is 300 g/mol. The molecular formula is C12H15BrN2OS. The summed E-state index contributed by atoms with van der Waals surface area (Å²) in [5.74, 6) is 0.279. The van der Waals surface area contributed by atoms with Gasteiger partial charge in [-0.25, -0.2) is 0 Å². The van der Waals surface area contributed by atoms with Crippen molar-refractivity contribution in [2.75, 3.05) is 6.54 Å². The third kappa shape index (κ3) is 2.72. The van der Waals surface area contributed by atoms with Gasteiger partial charge in [-0.05, 0) is 47.3 Å². The summed E-state index contributed by atoms with van der Waals surface area (Å²) in [7, 11) is 0. The zero-order valence-electron chi connectivity index (χ0n) is 9.49. The number of hydrogen-bond donors (Lipinski definition) is 1. The molecule has 0 aromatic carbocycles. The van der Waals surface area contributed by atoms with E-state index in [0.29, 0.717) is 6.04 Å². The van der Waals surface area contributed by atoms with Gasteiger partial charge in [0.15, 0.2) is 0 Å². The molecule has 1 amide bonds. The summed E-state index contributed by atoms with van der Waals surface area (Å²) in [6, 6.07) is 4.81. The van der Waals surface area contributed by atoms with Crippen LogP contribution in [0.5, 0.6) is 0 Å². The molecule has 0 radical (unpaired) electrons. The number of likely N-dealkylation sites (tertiary alicyclic amines) is 1. The standard InChI is InChI=1S/C12H15BrN2OS/c13-11-4-3-9(17-11)7-15-6-5-10(12(15)16)14-8-1-2-8/h3-4,8,10,14H,1-2,5-7H2. The summed E-state index contributed by atoms with van der Waals surface area (Å²) in [5, 5.41) is 3.43. The Balaban J connectivity index is 1.59. The van der Waals surface area contributed by atoms with Crippen LogP contribution in [0.15, 0.2) is 15.9 Å². The Morgan fingerprint density at radius 2 is 2.24 bits per heavy atom. The predicted octanol–water partition coefficient (Wildman–Crippen LogP) is 2.36. The van der Waals surface area contributed by atoms with Crippen LogP contribution in [-0.4, -0.2) is 29.4 Å². The SMILES string of the molecule is O=C1C(NC2CC2)CCN1Cc1ccc(Br)s1. The highest BCUT2D eigenvalue weighted by Gasteiger charge is 2.35. The Kier molecular flexibility index (Phi) is 3.23. The Morgan fingerprint density at radius 1 is 1.41 bits per heavy atom. The smallest absolute Gasteiger partial charge is 0.240 e. The van der Waals surface area contributed by atoms with Crippen LogP contribution in [0, 0.1) is 0 Å². The second kappa shape index (κ2) is 4.71. The molecule has 5 heteroatoms. The molecule has 2 fully saturated rings. The van der Waals surface area contributed by atoms with Gasteiger partial charge in [0.05, 0.1) is 16.4 Å². The van der Waals surface area contributed by atoms with E-state index in [0.717, 1.165) is 23.3 Å². The largest absolute Gasteiger partial charge is 0.336 e. The predicted molar refractivity (Wildman–Crippen MR) is 72.0 cm³/mol. The Labute approximate surface area is 113 Å². The van der Waals surface area contributed by atoms with Gasteiger partial charge in [0.25, 0.3) is 0 Å². The van der Waals surface area contributed by atoms with Crippen molar-refractivity contribution in [1.82, 2.24) is 10.2 Å². The van der Waals surface area contributed by atoms with Crippen LogP contribution in [0.25, 0.3) is 0 Å². The average Bonchev–Trinajstić information content (AvgIpc) is 2.94. The van der Waals surface area contributed by atoms with E-state index in [1.165, 1.54) is 17.7 Å². The van der Waals surface area contributed by atoms with E-state index in [9.17, 15) is 4.79 Å². The van der Waals surface area contributed by atoms with Crippen molar-refractivity contribution in [2.45, 2.75) is 37.9 Å². The third-order valence-electron chi connectivity index (χ3n) is 3.29. The summed E-state index contributed by atoms with van der Waals surface area (Å²) in [6.45, 7) is 1.65. The van der Waals surface area contributed by atoms with Crippen molar-refractivity contribution in [2.24, 2.45) is 0 Å². The zero-order chi connectivity index (χ0) is 11.8. The van der Waals surface area contributed by atoms with E-state index >= 15 is 0 Å². The summed E-state index contributed by atoms with van der Waals surface area (Å²) in [4.78, 5) is 15.4. The Hall–Kier alpha value is -0.390. The van der Waals surface area contributed by atoms with Crippen molar-refractivity contribution in [1.29, 1.82) is 0 Å².